The van der Waals surface area contributed by atoms with Crippen LogP contribution in [0.25, 0.3) is 0 Å². The van der Waals surface area contributed by atoms with E-state index < -0.39 is 0 Å². The number of aliphatic hydroxyl groups excluding tert-OH is 1. The van der Waals surface area contributed by atoms with Gasteiger partial charge in [-0.15, -0.1) is 0 Å². The molecular weight excluding hydrogens is 340 g/mol. The van der Waals surface area contributed by atoms with Gasteiger partial charge in [0.05, 0.1) is 12.6 Å². The number of piperidine rings is 1. The number of aliphatic hydroxyl groups is 1. The molecule has 0 bridgehead atoms. The van der Waals surface area contributed by atoms with Crippen molar-refractivity contribution in [2.75, 3.05) is 43.1 Å². The average Bonchev–Trinajstić information content (AvgIpc) is 2.62. The molecule has 2 aromatic rings. The summed E-state index contributed by atoms with van der Waals surface area (Å²) >= 11 is 5.95. The van der Waals surface area contributed by atoms with E-state index in [9.17, 15) is 5.11 Å². The molecule has 1 aromatic heterocycles. The molecule has 3 rings (SSSR count). The van der Waals surface area contributed by atoms with Crippen molar-refractivity contribution in [1.82, 2.24) is 9.97 Å². The molecule has 0 spiro atoms. The smallest absolute Gasteiger partial charge is 0.227 e. The van der Waals surface area contributed by atoms with Gasteiger partial charge in [0.1, 0.15) is 18.2 Å². The molecule has 1 N–H and O–H groups in total. The number of anilines is 2. The summed E-state index contributed by atoms with van der Waals surface area (Å²) in [7, 11) is 1.94. The van der Waals surface area contributed by atoms with Crippen molar-refractivity contribution in [2.45, 2.75) is 18.9 Å². The summed E-state index contributed by atoms with van der Waals surface area (Å²) in [6.07, 6.45) is 3.14. The lowest BCUT2D eigenvalue weighted by Gasteiger charge is -2.31. The van der Waals surface area contributed by atoms with E-state index in [1.54, 1.807) is 12.3 Å². The standard InChI is InChI=1S/C18H23ClN4O2/c1-22(11-12-25-16-4-2-3-14(19)13-16)18-20-8-5-17(21-18)23-9-6-15(24)7-10-23/h2-5,8,13,15,24H,6-7,9-12H2,1H3. The fourth-order valence-electron chi connectivity index (χ4n) is 2.75. The summed E-state index contributed by atoms with van der Waals surface area (Å²) in [6, 6.07) is 9.28. The molecule has 25 heavy (non-hydrogen) atoms. The molecule has 1 aliphatic heterocycles. The van der Waals surface area contributed by atoms with Crippen molar-refractivity contribution in [3.63, 3.8) is 0 Å². The highest BCUT2D eigenvalue weighted by Gasteiger charge is 2.18. The number of nitrogens with zero attached hydrogens (tertiary/aromatic N) is 4. The van der Waals surface area contributed by atoms with Crippen LogP contribution in [0.4, 0.5) is 11.8 Å². The number of benzene rings is 1. The number of hydrogen-bond acceptors (Lipinski definition) is 6. The van der Waals surface area contributed by atoms with Gasteiger partial charge in [0, 0.05) is 31.4 Å². The fourth-order valence-corrected chi connectivity index (χ4v) is 2.93. The van der Waals surface area contributed by atoms with E-state index >= 15 is 0 Å². The van der Waals surface area contributed by atoms with Gasteiger partial charge in [0.2, 0.25) is 5.95 Å². The number of aromatic nitrogens is 2. The highest BCUT2D eigenvalue weighted by molar-refractivity contribution is 6.30. The molecule has 1 saturated heterocycles. The third kappa shape index (κ3) is 4.96. The molecule has 0 aliphatic carbocycles. The van der Waals surface area contributed by atoms with E-state index in [4.69, 9.17) is 16.3 Å². The fraction of sp³-hybridized carbons (Fsp3) is 0.444. The normalized spacial score (nSPS) is 15.2. The molecule has 0 saturated carbocycles. The molecule has 1 fully saturated rings. The first-order valence-corrected chi connectivity index (χ1v) is 8.85. The predicted molar refractivity (Wildman–Crippen MR) is 99.7 cm³/mol. The second-order valence-electron chi connectivity index (χ2n) is 6.16. The van der Waals surface area contributed by atoms with Crippen LogP contribution in [0.3, 0.4) is 0 Å². The number of ether oxygens (including phenoxy) is 1. The Balaban J connectivity index is 1.55. The summed E-state index contributed by atoms with van der Waals surface area (Å²) in [5.74, 6) is 2.32. The Morgan fingerprint density at radius 2 is 2.12 bits per heavy atom. The Bertz CT molecular complexity index is 692. The number of hydrogen-bond donors (Lipinski definition) is 1. The van der Waals surface area contributed by atoms with Gasteiger partial charge in [-0.2, -0.15) is 4.98 Å². The number of halogens is 1. The van der Waals surface area contributed by atoms with Crippen LogP contribution in [0.5, 0.6) is 5.75 Å². The Labute approximate surface area is 153 Å². The van der Waals surface area contributed by atoms with Crippen LogP contribution < -0.4 is 14.5 Å². The second-order valence-corrected chi connectivity index (χ2v) is 6.60. The van der Waals surface area contributed by atoms with Crippen molar-refractivity contribution in [1.29, 1.82) is 0 Å². The van der Waals surface area contributed by atoms with Gasteiger partial charge in [-0.3, -0.25) is 0 Å². The first kappa shape index (κ1) is 17.8. The maximum Gasteiger partial charge on any atom is 0.227 e. The molecule has 0 radical (unpaired) electrons. The summed E-state index contributed by atoms with van der Waals surface area (Å²) in [4.78, 5) is 13.1. The molecule has 0 amide bonds. The maximum atomic E-state index is 9.64. The van der Waals surface area contributed by atoms with Gasteiger partial charge in [-0.05, 0) is 37.1 Å². The summed E-state index contributed by atoms with van der Waals surface area (Å²) in [5, 5.41) is 10.3. The maximum absolute atomic E-state index is 9.64. The van der Waals surface area contributed by atoms with Crippen molar-refractivity contribution < 1.29 is 9.84 Å². The largest absolute Gasteiger partial charge is 0.492 e. The predicted octanol–water partition coefficient (Wildman–Crippen LogP) is 2.61. The Hall–Kier alpha value is -2.05. The molecule has 1 aliphatic rings. The van der Waals surface area contributed by atoms with E-state index in [1.165, 1.54) is 0 Å². The lowest BCUT2D eigenvalue weighted by atomic mass is 10.1. The molecule has 7 heteroatoms. The van der Waals surface area contributed by atoms with E-state index in [0.717, 1.165) is 37.5 Å². The lowest BCUT2D eigenvalue weighted by molar-refractivity contribution is 0.145. The van der Waals surface area contributed by atoms with Crippen LogP contribution in [0.2, 0.25) is 5.02 Å². The third-order valence-corrected chi connectivity index (χ3v) is 4.48. The van der Waals surface area contributed by atoms with Gasteiger partial charge in [-0.1, -0.05) is 17.7 Å². The minimum Gasteiger partial charge on any atom is -0.492 e. The molecule has 1 aromatic carbocycles. The first-order chi connectivity index (χ1) is 12.1. The van der Waals surface area contributed by atoms with Crippen LogP contribution in [-0.2, 0) is 0 Å². The lowest BCUT2D eigenvalue weighted by Crippen LogP contribution is -2.36. The quantitative estimate of drug-likeness (QED) is 0.852. The van der Waals surface area contributed by atoms with Crippen molar-refractivity contribution >= 4 is 23.4 Å². The zero-order valence-electron chi connectivity index (χ0n) is 14.3. The molecule has 134 valence electrons. The highest BCUT2D eigenvalue weighted by Crippen LogP contribution is 2.20. The molecular formula is C18H23ClN4O2. The average molecular weight is 363 g/mol. The zero-order chi connectivity index (χ0) is 17.6. The van der Waals surface area contributed by atoms with Gasteiger partial charge in [-0.25, -0.2) is 4.98 Å². The van der Waals surface area contributed by atoms with Crippen LogP contribution in [0.1, 0.15) is 12.8 Å². The molecule has 2 heterocycles. The number of likely N-dealkylation sites (N-methyl/N-ethyl adjacent to an activating group) is 1. The van der Waals surface area contributed by atoms with Gasteiger partial charge >= 0.3 is 0 Å². The van der Waals surface area contributed by atoms with E-state index in [2.05, 4.69) is 14.9 Å². The van der Waals surface area contributed by atoms with Crippen LogP contribution in [-0.4, -0.2) is 54.5 Å². The minimum atomic E-state index is -0.191. The van der Waals surface area contributed by atoms with E-state index in [0.29, 0.717) is 24.1 Å². The van der Waals surface area contributed by atoms with Gasteiger partial charge < -0.3 is 19.6 Å². The monoisotopic (exact) mass is 362 g/mol. The topological polar surface area (TPSA) is 61.7 Å². The van der Waals surface area contributed by atoms with Crippen LogP contribution >= 0.6 is 11.6 Å². The Morgan fingerprint density at radius 1 is 1.32 bits per heavy atom. The molecule has 6 nitrogen and oxygen atoms in total. The van der Waals surface area contributed by atoms with Crippen molar-refractivity contribution in [3.05, 3.63) is 41.6 Å². The van der Waals surface area contributed by atoms with Crippen LogP contribution in [0, 0.1) is 0 Å². The molecule has 0 unspecified atom stereocenters. The minimum absolute atomic E-state index is 0.191. The van der Waals surface area contributed by atoms with Gasteiger partial charge in [0.15, 0.2) is 0 Å². The summed E-state index contributed by atoms with van der Waals surface area (Å²) in [6.45, 7) is 2.81. The Morgan fingerprint density at radius 3 is 2.88 bits per heavy atom. The second kappa shape index (κ2) is 8.36. The number of rotatable bonds is 6. The SMILES string of the molecule is CN(CCOc1cccc(Cl)c1)c1nccc(N2CCC(O)CC2)n1. The summed E-state index contributed by atoms with van der Waals surface area (Å²) < 4.78 is 5.72. The van der Waals surface area contributed by atoms with E-state index in [-0.39, 0.29) is 6.10 Å². The van der Waals surface area contributed by atoms with Crippen molar-refractivity contribution in [2.24, 2.45) is 0 Å². The molecule has 0 atom stereocenters. The first-order valence-electron chi connectivity index (χ1n) is 8.47. The van der Waals surface area contributed by atoms with Crippen LogP contribution in [0.15, 0.2) is 36.5 Å². The highest BCUT2D eigenvalue weighted by atomic mass is 35.5. The van der Waals surface area contributed by atoms with E-state index in [1.807, 2.05) is 36.2 Å². The Kier molecular flexibility index (Phi) is 5.94. The zero-order valence-corrected chi connectivity index (χ0v) is 15.1. The summed E-state index contributed by atoms with van der Waals surface area (Å²) in [5.41, 5.74) is 0. The van der Waals surface area contributed by atoms with Crippen molar-refractivity contribution in [3.8, 4) is 5.75 Å². The van der Waals surface area contributed by atoms with Gasteiger partial charge in [0.25, 0.3) is 0 Å². The third-order valence-electron chi connectivity index (χ3n) is 4.25.